The molecule has 7 heteroatoms. The summed E-state index contributed by atoms with van der Waals surface area (Å²) in [5.74, 6) is 0.0563. The van der Waals surface area contributed by atoms with Crippen LogP contribution in [-0.2, 0) is 0 Å². The van der Waals surface area contributed by atoms with E-state index >= 15 is 0 Å². The topological polar surface area (TPSA) is 95.9 Å². The van der Waals surface area contributed by atoms with E-state index < -0.39 is 12.2 Å². The van der Waals surface area contributed by atoms with E-state index in [1.54, 1.807) is 0 Å². The highest BCUT2D eigenvalue weighted by Gasteiger charge is 2.12. The Hall–Kier alpha value is -1.60. The second-order valence-electron chi connectivity index (χ2n) is 3.82. The molecule has 3 N–H and O–H groups in total. The molecular weight excluding hydrogens is 318 g/mol. The van der Waals surface area contributed by atoms with Crippen molar-refractivity contribution in [2.24, 2.45) is 0 Å². The molecule has 0 aromatic heterocycles. The van der Waals surface area contributed by atoms with Crippen molar-refractivity contribution < 1.29 is 24.5 Å². The standard InChI is InChI=1S/C12H14BrNO5/c1-7(15)10-4-8(14-12(17)18)2-3-11(10)19-6-9(16)5-13/h2-4,9,14,16H,5-6H2,1H3,(H,17,18). The van der Waals surface area contributed by atoms with Crippen LogP contribution in [0.15, 0.2) is 18.2 Å². The van der Waals surface area contributed by atoms with Crippen molar-refractivity contribution in [3.8, 4) is 5.75 Å². The lowest BCUT2D eigenvalue weighted by Gasteiger charge is -2.13. The maximum Gasteiger partial charge on any atom is 0.409 e. The zero-order chi connectivity index (χ0) is 14.4. The number of ketones is 1. The van der Waals surface area contributed by atoms with Gasteiger partial charge in [-0.15, -0.1) is 0 Å². The molecule has 0 aliphatic carbocycles. The molecule has 104 valence electrons. The zero-order valence-electron chi connectivity index (χ0n) is 10.2. The van der Waals surface area contributed by atoms with E-state index in [4.69, 9.17) is 9.84 Å². The highest BCUT2D eigenvalue weighted by molar-refractivity contribution is 9.09. The average molecular weight is 332 g/mol. The van der Waals surface area contributed by atoms with Gasteiger partial charge in [-0.25, -0.2) is 4.79 Å². The third-order valence-corrected chi connectivity index (χ3v) is 2.97. The molecule has 0 saturated heterocycles. The van der Waals surface area contributed by atoms with E-state index in [1.165, 1.54) is 25.1 Å². The van der Waals surface area contributed by atoms with Crippen LogP contribution >= 0.6 is 15.9 Å². The van der Waals surface area contributed by atoms with Crippen molar-refractivity contribution in [2.75, 3.05) is 17.3 Å². The SMILES string of the molecule is CC(=O)c1cc(NC(=O)O)ccc1OCC(O)CBr. The molecule has 0 spiro atoms. The van der Waals surface area contributed by atoms with Gasteiger partial charge >= 0.3 is 6.09 Å². The summed E-state index contributed by atoms with van der Waals surface area (Å²) in [6.07, 6.45) is -1.89. The van der Waals surface area contributed by atoms with Crippen LogP contribution in [0.1, 0.15) is 17.3 Å². The van der Waals surface area contributed by atoms with Gasteiger partial charge in [0.25, 0.3) is 0 Å². The van der Waals surface area contributed by atoms with Crippen LogP contribution in [0, 0.1) is 0 Å². The highest BCUT2D eigenvalue weighted by atomic mass is 79.9. The second kappa shape index (κ2) is 7.10. The fourth-order valence-electron chi connectivity index (χ4n) is 1.36. The third-order valence-electron chi connectivity index (χ3n) is 2.22. The van der Waals surface area contributed by atoms with Gasteiger partial charge in [0, 0.05) is 11.0 Å². The number of amides is 1. The van der Waals surface area contributed by atoms with Crippen LogP contribution in [0.4, 0.5) is 10.5 Å². The van der Waals surface area contributed by atoms with Gasteiger partial charge < -0.3 is 14.9 Å². The van der Waals surface area contributed by atoms with E-state index in [-0.39, 0.29) is 23.6 Å². The first-order chi connectivity index (χ1) is 8.93. The van der Waals surface area contributed by atoms with E-state index in [9.17, 15) is 14.7 Å². The molecule has 1 amide bonds. The van der Waals surface area contributed by atoms with Gasteiger partial charge in [-0.3, -0.25) is 10.1 Å². The summed E-state index contributed by atoms with van der Waals surface area (Å²) in [5.41, 5.74) is 0.541. The molecule has 0 heterocycles. The summed E-state index contributed by atoms with van der Waals surface area (Å²) in [6.45, 7) is 1.39. The van der Waals surface area contributed by atoms with E-state index in [2.05, 4.69) is 21.2 Å². The van der Waals surface area contributed by atoms with Crippen molar-refractivity contribution >= 4 is 33.5 Å². The smallest absolute Gasteiger partial charge is 0.409 e. The molecular formula is C12H14BrNO5. The van der Waals surface area contributed by atoms with Crippen molar-refractivity contribution in [1.82, 2.24) is 0 Å². The summed E-state index contributed by atoms with van der Waals surface area (Å²) < 4.78 is 5.34. The first kappa shape index (κ1) is 15.5. The number of nitrogens with one attached hydrogen (secondary N) is 1. The minimum atomic E-state index is -1.21. The van der Waals surface area contributed by atoms with Crippen LogP contribution in [0.3, 0.4) is 0 Å². The Morgan fingerprint density at radius 2 is 2.16 bits per heavy atom. The van der Waals surface area contributed by atoms with Crippen LogP contribution in [0.5, 0.6) is 5.75 Å². The molecule has 19 heavy (non-hydrogen) atoms. The van der Waals surface area contributed by atoms with Crippen molar-refractivity contribution in [3.63, 3.8) is 0 Å². The molecule has 1 atom stereocenters. The number of alkyl halides is 1. The number of ether oxygens (including phenoxy) is 1. The Morgan fingerprint density at radius 1 is 1.47 bits per heavy atom. The van der Waals surface area contributed by atoms with Crippen molar-refractivity contribution in [1.29, 1.82) is 0 Å². The molecule has 0 saturated carbocycles. The summed E-state index contributed by atoms with van der Waals surface area (Å²) >= 11 is 3.10. The number of halogens is 1. The first-order valence-electron chi connectivity index (χ1n) is 5.45. The quantitative estimate of drug-likeness (QED) is 0.548. The summed E-state index contributed by atoms with van der Waals surface area (Å²) in [5, 5.41) is 20.5. The van der Waals surface area contributed by atoms with Gasteiger partial charge in [0.2, 0.25) is 0 Å². The number of carbonyl (C=O) groups excluding carboxylic acids is 1. The first-order valence-corrected chi connectivity index (χ1v) is 6.58. The average Bonchev–Trinajstić information content (AvgIpc) is 2.35. The minimum absolute atomic E-state index is 0.0389. The molecule has 0 aliphatic heterocycles. The Kier molecular flexibility index (Phi) is 5.78. The number of carbonyl (C=O) groups is 2. The van der Waals surface area contributed by atoms with Crippen LogP contribution in [0.25, 0.3) is 0 Å². The zero-order valence-corrected chi connectivity index (χ0v) is 11.8. The lowest BCUT2D eigenvalue weighted by atomic mass is 10.1. The number of hydrogen-bond donors (Lipinski definition) is 3. The lowest BCUT2D eigenvalue weighted by Crippen LogP contribution is -2.19. The number of anilines is 1. The monoisotopic (exact) mass is 331 g/mol. The fourth-order valence-corrected chi connectivity index (χ4v) is 1.55. The number of benzene rings is 1. The highest BCUT2D eigenvalue weighted by Crippen LogP contribution is 2.23. The second-order valence-corrected chi connectivity index (χ2v) is 4.46. The molecule has 1 aromatic carbocycles. The van der Waals surface area contributed by atoms with E-state index in [0.29, 0.717) is 11.1 Å². The summed E-state index contributed by atoms with van der Waals surface area (Å²) in [4.78, 5) is 22.0. The van der Waals surface area contributed by atoms with E-state index in [1.807, 2.05) is 0 Å². The van der Waals surface area contributed by atoms with Crippen molar-refractivity contribution in [3.05, 3.63) is 23.8 Å². The lowest BCUT2D eigenvalue weighted by molar-refractivity contribution is 0.0998. The predicted molar refractivity (Wildman–Crippen MR) is 73.4 cm³/mol. The molecule has 0 bridgehead atoms. The minimum Gasteiger partial charge on any atom is -0.490 e. The number of carboxylic acid groups (broad SMARTS) is 1. The Morgan fingerprint density at radius 3 is 2.68 bits per heavy atom. The molecule has 0 aliphatic rings. The molecule has 1 unspecified atom stereocenters. The Bertz CT molecular complexity index is 477. The van der Waals surface area contributed by atoms with Gasteiger partial charge in [0.15, 0.2) is 5.78 Å². The number of aliphatic hydroxyl groups is 1. The maximum atomic E-state index is 11.5. The predicted octanol–water partition coefficient (Wildman–Crippen LogP) is 2.11. The summed E-state index contributed by atoms with van der Waals surface area (Å²) in [6, 6.07) is 4.37. The maximum absolute atomic E-state index is 11.5. The largest absolute Gasteiger partial charge is 0.490 e. The molecule has 0 radical (unpaired) electrons. The Labute approximate surface area is 118 Å². The molecule has 0 fully saturated rings. The van der Waals surface area contributed by atoms with Crippen LogP contribution < -0.4 is 10.1 Å². The van der Waals surface area contributed by atoms with Gasteiger partial charge in [-0.2, -0.15) is 0 Å². The number of Topliss-reactive ketones (excluding diaryl/α,β-unsaturated/α-hetero) is 1. The number of aliphatic hydroxyl groups excluding tert-OH is 1. The number of rotatable bonds is 6. The van der Waals surface area contributed by atoms with Crippen LogP contribution in [0.2, 0.25) is 0 Å². The van der Waals surface area contributed by atoms with Gasteiger partial charge in [-0.1, -0.05) is 15.9 Å². The van der Waals surface area contributed by atoms with Crippen molar-refractivity contribution in [2.45, 2.75) is 13.0 Å². The van der Waals surface area contributed by atoms with E-state index in [0.717, 1.165) is 0 Å². The Balaban J connectivity index is 2.91. The van der Waals surface area contributed by atoms with Crippen LogP contribution in [-0.4, -0.2) is 40.1 Å². The normalized spacial score (nSPS) is 11.7. The van der Waals surface area contributed by atoms with Gasteiger partial charge in [0.1, 0.15) is 12.4 Å². The summed E-state index contributed by atoms with van der Waals surface area (Å²) in [7, 11) is 0. The molecule has 1 aromatic rings. The fraction of sp³-hybridized carbons (Fsp3) is 0.333. The molecule has 6 nitrogen and oxygen atoms in total. The number of hydrogen-bond acceptors (Lipinski definition) is 4. The third kappa shape index (κ3) is 4.88. The van der Waals surface area contributed by atoms with Gasteiger partial charge in [-0.05, 0) is 25.1 Å². The van der Waals surface area contributed by atoms with Gasteiger partial charge in [0.05, 0.1) is 11.7 Å². The molecule has 1 rings (SSSR count).